The normalized spacial score (nSPS) is 18.4. The Bertz CT molecular complexity index is 1840. The van der Waals surface area contributed by atoms with Gasteiger partial charge in [-0.05, 0) is 79.9 Å². The first-order valence-corrected chi connectivity index (χ1v) is 17.0. The Morgan fingerprint density at radius 2 is 1.35 bits per heavy atom. The van der Waals surface area contributed by atoms with Crippen LogP contribution in [-0.2, 0) is 35.6 Å². The van der Waals surface area contributed by atoms with Crippen molar-refractivity contribution in [2.45, 2.75) is 50.5 Å². The van der Waals surface area contributed by atoms with Gasteiger partial charge in [-0.25, -0.2) is 17.2 Å². The number of hydrogen-bond donors (Lipinski definition) is 1. The van der Waals surface area contributed by atoms with Crippen molar-refractivity contribution < 1.29 is 36.3 Å². The van der Waals surface area contributed by atoms with E-state index in [1.165, 1.54) is 36.4 Å². The van der Waals surface area contributed by atoms with Crippen LogP contribution in [0.15, 0.2) is 102 Å². The number of sulfonamides is 1. The van der Waals surface area contributed by atoms with E-state index in [0.29, 0.717) is 16.7 Å². The highest BCUT2D eigenvalue weighted by Gasteiger charge is 2.53. The van der Waals surface area contributed by atoms with Gasteiger partial charge in [0.05, 0.1) is 42.5 Å². The van der Waals surface area contributed by atoms with Gasteiger partial charge in [0.2, 0.25) is 0 Å². The van der Waals surface area contributed by atoms with Crippen LogP contribution >= 0.6 is 0 Å². The van der Waals surface area contributed by atoms with E-state index in [0.717, 1.165) is 5.56 Å². The first-order valence-electron chi connectivity index (χ1n) is 15.5. The molecule has 1 saturated heterocycles. The summed E-state index contributed by atoms with van der Waals surface area (Å²) in [6.07, 6.45) is -0.832. The van der Waals surface area contributed by atoms with Gasteiger partial charge < -0.3 is 9.47 Å². The first kappa shape index (κ1) is 34.7. The van der Waals surface area contributed by atoms with Crippen LogP contribution in [0.2, 0.25) is 0 Å². The van der Waals surface area contributed by atoms with Gasteiger partial charge in [0.25, 0.3) is 10.0 Å². The highest BCUT2D eigenvalue weighted by molar-refractivity contribution is 7.92. The molecule has 252 valence electrons. The van der Waals surface area contributed by atoms with Crippen LogP contribution in [0.5, 0.6) is 0 Å². The molecule has 4 aromatic rings. The van der Waals surface area contributed by atoms with E-state index < -0.39 is 51.8 Å². The molecule has 0 radical (unpaired) electrons. The highest BCUT2D eigenvalue weighted by atomic mass is 32.2. The predicted octanol–water partition coefficient (Wildman–Crippen LogP) is 6.13. The minimum atomic E-state index is -3.99. The fourth-order valence-corrected chi connectivity index (χ4v) is 7.10. The lowest BCUT2D eigenvalue weighted by molar-refractivity contribution is -0.150. The molecule has 5 rings (SSSR count). The summed E-state index contributed by atoms with van der Waals surface area (Å²) in [6, 6.07) is 22.6. The van der Waals surface area contributed by atoms with Crippen LogP contribution in [0, 0.1) is 18.6 Å². The maximum absolute atomic E-state index is 14.2. The molecule has 0 unspecified atom stereocenters. The SMILES string of the molecule is CCOC(=O)CN1[C@H](c2ccc(F)cc2)N(Cc2ccccc2NS(=O)(=O)c2ccc(C)cc2)[C@H](C(=O)OCC)[C@@H]1c1ccc(F)cc1. The second-order valence-electron chi connectivity index (χ2n) is 11.3. The van der Waals surface area contributed by atoms with Gasteiger partial charge in [0.15, 0.2) is 0 Å². The second kappa shape index (κ2) is 15.1. The van der Waals surface area contributed by atoms with Gasteiger partial charge in [-0.15, -0.1) is 0 Å². The molecule has 4 aromatic carbocycles. The van der Waals surface area contributed by atoms with Crippen molar-refractivity contribution >= 4 is 27.6 Å². The van der Waals surface area contributed by atoms with Gasteiger partial charge in [0, 0.05) is 6.54 Å². The fraction of sp³-hybridized carbons (Fsp3) is 0.278. The molecule has 0 saturated carbocycles. The maximum Gasteiger partial charge on any atom is 0.325 e. The average molecular weight is 678 g/mol. The van der Waals surface area contributed by atoms with Crippen LogP contribution in [0.4, 0.5) is 14.5 Å². The Morgan fingerprint density at radius 1 is 0.771 bits per heavy atom. The summed E-state index contributed by atoms with van der Waals surface area (Å²) < 4.78 is 68.8. The largest absolute Gasteiger partial charge is 0.465 e. The second-order valence-corrected chi connectivity index (χ2v) is 13.0. The molecule has 9 nitrogen and oxygen atoms in total. The van der Waals surface area contributed by atoms with E-state index in [-0.39, 0.29) is 36.9 Å². The van der Waals surface area contributed by atoms with Crippen LogP contribution < -0.4 is 4.72 Å². The van der Waals surface area contributed by atoms with Crippen molar-refractivity contribution in [3.05, 3.63) is 131 Å². The molecule has 0 aliphatic carbocycles. The minimum absolute atomic E-state index is 0.00483. The zero-order valence-electron chi connectivity index (χ0n) is 26.8. The van der Waals surface area contributed by atoms with E-state index in [1.807, 2.05) is 6.92 Å². The topological polar surface area (TPSA) is 105 Å². The van der Waals surface area contributed by atoms with Crippen LogP contribution in [0.25, 0.3) is 0 Å². The summed E-state index contributed by atoms with van der Waals surface area (Å²) >= 11 is 0. The summed E-state index contributed by atoms with van der Waals surface area (Å²) in [7, 11) is -3.99. The number of esters is 2. The first-order chi connectivity index (χ1) is 23.0. The van der Waals surface area contributed by atoms with Gasteiger partial charge in [-0.1, -0.05) is 60.2 Å². The Kier molecular flexibility index (Phi) is 10.9. The predicted molar refractivity (Wildman–Crippen MR) is 176 cm³/mol. The van der Waals surface area contributed by atoms with E-state index in [2.05, 4.69) is 4.72 Å². The summed E-state index contributed by atoms with van der Waals surface area (Å²) in [5.74, 6) is -2.13. The van der Waals surface area contributed by atoms with Crippen LogP contribution in [0.1, 0.15) is 48.3 Å². The molecule has 1 aliphatic rings. The third-order valence-electron chi connectivity index (χ3n) is 8.11. The molecule has 3 atom stereocenters. The lowest BCUT2D eigenvalue weighted by atomic mass is 9.98. The van der Waals surface area contributed by atoms with Crippen molar-refractivity contribution in [1.29, 1.82) is 0 Å². The molecule has 0 amide bonds. The summed E-state index contributed by atoms with van der Waals surface area (Å²) in [5, 5.41) is 0. The zero-order chi connectivity index (χ0) is 34.4. The number of rotatable bonds is 12. The van der Waals surface area contributed by atoms with E-state index in [4.69, 9.17) is 9.47 Å². The van der Waals surface area contributed by atoms with Crippen molar-refractivity contribution in [2.75, 3.05) is 24.5 Å². The van der Waals surface area contributed by atoms with Crippen molar-refractivity contribution in [3.63, 3.8) is 0 Å². The monoisotopic (exact) mass is 677 g/mol. The Labute approximate surface area is 279 Å². The molecule has 1 fully saturated rings. The van der Waals surface area contributed by atoms with Crippen molar-refractivity contribution in [1.82, 2.24) is 9.80 Å². The van der Waals surface area contributed by atoms with Crippen molar-refractivity contribution in [2.24, 2.45) is 0 Å². The number of nitrogens with zero attached hydrogens (tertiary/aromatic N) is 2. The van der Waals surface area contributed by atoms with Crippen LogP contribution in [0.3, 0.4) is 0 Å². The quantitative estimate of drug-likeness (QED) is 0.179. The molecule has 12 heteroatoms. The summed E-state index contributed by atoms with van der Waals surface area (Å²) in [4.78, 5) is 30.7. The molecule has 1 aliphatic heterocycles. The van der Waals surface area contributed by atoms with Crippen molar-refractivity contribution in [3.8, 4) is 0 Å². The van der Waals surface area contributed by atoms with E-state index in [1.54, 1.807) is 84.3 Å². The number of ether oxygens (including phenoxy) is 2. The van der Waals surface area contributed by atoms with Gasteiger partial charge >= 0.3 is 11.9 Å². The van der Waals surface area contributed by atoms with Gasteiger partial charge in [0.1, 0.15) is 17.7 Å². The van der Waals surface area contributed by atoms with Gasteiger partial charge in [-0.2, -0.15) is 0 Å². The molecule has 0 spiro atoms. The zero-order valence-corrected chi connectivity index (χ0v) is 27.6. The number of halogens is 2. The number of carbonyl (C=O) groups excluding carboxylic acids is 2. The lowest BCUT2D eigenvalue weighted by Crippen LogP contribution is -2.41. The third kappa shape index (κ3) is 7.73. The summed E-state index contributed by atoms with van der Waals surface area (Å²) in [6.45, 7) is 5.12. The third-order valence-corrected chi connectivity index (χ3v) is 9.49. The van der Waals surface area contributed by atoms with Crippen LogP contribution in [-0.4, -0.2) is 56.0 Å². The molecule has 0 bridgehead atoms. The lowest BCUT2D eigenvalue weighted by Gasteiger charge is -2.32. The molecule has 1 N–H and O–H groups in total. The number of aryl methyl sites for hydroxylation is 1. The number of benzene rings is 4. The highest BCUT2D eigenvalue weighted by Crippen LogP contribution is 2.47. The molecular formula is C36H37F2N3O6S. The van der Waals surface area contributed by atoms with E-state index >= 15 is 0 Å². The molecule has 1 heterocycles. The minimum Gasteiger partial charge on any atom is -0.465 e. The number of nitrogens with one attached hydrogen (secondary N) is 1. The maximum atomic E-state index is 14.2. The number of carbonyl (C=O) groups is 2. The number of anilines is 1. The van der Waals surface area contributed by atoms with E-state index in [9.17, 15) is 26.8 Å². The Balaban J connectivity index is 1.66. The molecule has 0 aromatic heterocycles. The molecular weight excluding hydrogens is 640 g/mol. The van der Waals surface area contributed by atoms with Gasteiger partial charge in [-0.3, -0.25) is 24.1 Å². The summed E-state index contributed by atoms with van der Waals surface area (Å²) in [5.41, 5.74) is 2.79. The fourth-order valence-electron chi connectivity index (χ4n) is 6.00. The average Bonchev–Trinajstić information content (AvgIpc) is 3.36. The standard InChI is InChI=1S/C36H37F2N3O6S/c1-4-46-32(42)23-41-33(25-12-16-28(37)17-13-25)34(36(43)47-5-2)40(35(41)26-14-18-29(38)19-15-26)22-27-8-6-7-9-31(27)39-48(44,45)30-20-10-24(3)11-21-30/h6-21,33-35,39H,4-5,22-23H2,1-3H3/t33-,34-,35+/m0/s1. The molecule has 48 heavy (non-hydrogen) atoms. The smallest absolute Gasteiger partial charge is 0.325 e. The Hall–Kier alpha value is -4.65. The number of hydrogen-bond acceptors (Lipinski definition) is 8. The Morgan fingerprint density at radius 3 is 1.96 bits per heavy atom. The number of para-hydroxylation sites is 1.